The Labute approximate surface area is 208 Å². The molecule has 4 aromatic rings. The van der Waals surface area contributed by atoms with E-state index in [9.17, 15) is 14.4 Å². The van der Waals surface area contributed by atoms with Crippen LogP contribution in [0.15, 0.2) is 59.4 Å². The summed E-state index contributed by atoms with van der Waals surface area (Å²) in [7, 11) is 3.47. The van der Waals surface area contributed by atoms with Crippen molar-refractivity contribution in [3.8, 4) is 17.0 Å². The lowest BCUT2D eigenvalue weighted by Crippen LogP contribution is -2.26. The molecule has 4 rings (SSSR count). The molecular weight excluding hydrogens is 460 g/mol. The fourth-order valence-electron chi connectivity index (χ4n) is 3.99. The lowest BCUT2D eigenvalue weighted by Gasteiger charge is -2.12. The SMILES string of the molecule is CCOC(=O)c1ccc(NC(=O)CCc2c(C)n(C)c3cc(-c4cccc(OC)c4)nn3c2=O)cc1. The molecular formula is C27H28N4O5. The summed E-state index contributed by atoms with van der Waals surface area (Å²) in [6, 6.07) is 15.8. The fourth-order valence-corrected chi connectivity index (χ4v) is 3.99. The number of nitrogens with zero attached hydrogens (tertiary/aromatic N) is 3. The van der Waals surface area contributed by atoms with Gasteiger partial charge in [0.1, 0.15) is 11.4 Å². The number of amides is 1. The molecule has 36 heavy (non-hydrogen) atoms. The molecule has 0 fully saturated rings. The second-order valence-electron chi connectivity index (χ2n) is 8.31. The number of aryl methyl sites for hydroxylation is 1. The average Bonchev–Trinajstić information content (AvgIpc) is 3.34. The summed E-state index contributed by atoms with van der Waals surface area (Å²) in [6.45, 7) is 3.90. The van der Waals surface area contributed by atoms with Gasteiger partial charge in [0.2, 0.25) is 5.91 Å². The minimum atomic E-state index is -0.412. The normalized spacial score (nSPS) is 10.9. The van der Waals surface area contributed by atoms with E-state index in [4.69, 9.17) is 9.47 Å². The number of hydrogen-bond acceptors (Lipinski definition) is 6. The van der Waals surface area contributed by atoms with Crippen molar-refractivity contribution in [3.63, 3.8) is 0 Å². The monoisotopic (exact) mass is 488 g/mol. The summed E-state index contributed by atoms with van der Waals surface area (Å²) in [5, 5.41) is 7.34. The summed E-state index contributed by atoms with van der Waals surface area (Å²) >= 11 is 0. The molecule has 2 aromatic heterocycles. The number of nitrogens with one attached hydrogen (secondary N) is 1. The van der Waals surface area contributed by atoms with Gasteiger partial charge < -0.3 is 19.4 Å². The average molecular weight is 489 g/mol. The smallest absolute Gasteiger partial charge is 0.338 e. The number of aromatic nitrogens is 3. The third-order valence-electron chi connectivity index (χ3n) is 6.07. The van der Waals surface area contributed by atoms with E-state index < -0.39 is 5.97 Å². The second kappa shape index (κ2) is 10.5. The standard InChI is InChI=1S/C27H28N4O5/c1-5-36-27(34)18-9-11-20(12-10-18)28-24(32)14-13-22-17(2)30(3)25-16-23(29-31(25)26(22)33)19-7-6-8-21(15-19)35-4/h6-12,15-16H,5,13-14H2,1-4H3,(H,28,32). The molecule has 186 valence electrons. The molecule has 0 unspecified atom stereocenters. The molecule has 0 radical (unpaired) electrons. The number of carbonyl (C=O) groups excluding carboxylic acids is 2. The van der Waals surface area contributed by atoms with Gasteiger partial charge in [-0.3, -0.25) is 9.59 Å². The molecule has 0 bridgehead atoms. The first-order valence-corrected chi connectivity index (χ1v) is 11.6. The van der Waals surface area contributed by atoms with Gasteiger partial charge in [0, 0.05) is 42.0 Å². The van der Waals surface area contributed by atoms with Gasteiger partial charge in [-0.25, -0.2) is 4.79 Å². The van der Waals surface area contributed by atoms with E-state index in [1.165, 1.54) is 4.52 Å². The minimum Gasteiger partial charge on any atom is -0.497 e. The van der Waals surface area contributed by atoms with Gasteiger partial charge in [-0.2, -0.15) is 9.61 Å². The third kappa shape index (κ3) is 5.00. The van der Waals surface area contributed by atoms with Gasteiger partial charge in [0.15, 0.2) is 0 Å². The zero-order valence-corrected chi connectivity index (χ0v) is 20.7. The number of benzene rings is 2. The van der Waals surface area contributed by atoms with Crippen LogP contribution in [-0.4, -0.2) is 39.8 Å². The predicted octanol–water partition coefficient (Wildman–Crippen LogP) is 3.77. The molecule has 2 aromatic carbocycles. The Hall–Kier alpha value is -4.40. The van der Waals surface area contributed by atoms with Gasteiger partial charge in [-0.05, 0) is 56.7 Å². The van der Waals surface area contributed by atoms with Crippen molar-refractivity contribution in [2.24, 2.45) is 7.05 Å². The van der Waals surface area contributed by atoms with Crippen LogP contribution in [0.25, 0.3) is 16.9 Å². The first kappa shape index (κ1) is 24.7. The fraction of sp³-hybridized carbons (Fsp3) is 0.259. The zero-order chi connectivity index (χ0) is 25.8. The van der Waals surface area contributed by atoms with Crippen molar-refractivity contribution in [1.82, 2.24) is 14.2 Å². The van der Waals surface area contributed by atoms with Crippen molar-refractivity contribution in [3.05, 3.63) is 81.8 Å². The van der Waals surface area contributed by atoms with E-state index >= 15 is 0 Å². The molecule has 9 nitrogen and oxygen atoms in total. The summed E-state index contributed by atoms with van der Waals surface area (Å²) in [5.41, 5.74) is 4.17. The van der Waals surface area contributed by atoms with Crippen LogP contribution in [0.5, 0.6) is 5.75 Å². The van der Waals surface area contributed by atoms with Gasteiger partial charge >= 0.3 is 5.97 Å². The van der Waals surface area contributed by atoms with E-state index in [0.717, 1.165) is 11.3 Å². The van der Waals surface area contributed by atoms with E-state index in [-0.39, 0.29) is 24.3 Å². The van der Waals surface area contributed by atoms with Crippen LogP contribution in [0.2, 0.25) is 0 Å². The minimum absolute atomic E-state index is 0.116. The van der Waals surface area contributed by atoms with Crippen LogP contribution in [0.3, 0.4) is 0 Å². The van der Waals surface area contributed by atoms with Gasteiger partial charge in [-0.15, -0.1) is 0 Å². The van der Waals surface area contributed by atoms with E-state index in [2.05, 4.69) is 10.4 Å². The molecule has 2 heterocycles. The van der Waals surface area contributed by atoms with Crippen molar-refractivity contribution >= 4 is 23.2 Å². The number of ether oxygens (including phenoxy) is 2. The maximum atomic E-state index is 13.3. The first-order valence-electron chi connectivity index (χ1n) is 11.6. The highest BCUT2D eigenvalue weighted by Gasteiger charge is 2.17. The molecule has 0 spiro atoms. The number of rotatable bonds is 8. The molecule has 0 saturated carbocycles. The van der Waals surface area contributed by atoms with E-state index in [1.54, 1.807) is 38.3 Å². The Kier molecular flexibility index (Phi) is 7.19. The topological polar surface area (TPSA) is 104 Å². The Bertz CT molecular complexity index is 1480. The van der Waals surface area contributed by atoms with Crippen LogP contribution >= 0.6 is 0 Å². The summed E-state index contributed by atoms with van der Waals surface area (Å²) in [6.07, 6.45) is 0.376. The molecule has 0 saturated heterocycles. The largest absolute Gasteiger partial charge is 0.497 e. The number of esters is 1. The summed E-state index contributed by atoms with van der Waals surface area (Å²) in [5.74, 6) is 0.0536. The van der Waals surface area contributed by atoms with Gasteiger partial charge in [-0.1, -0.05) is 12.1 Å². The Balaban J connectivity index is 1.52. The summed E-state index contributed by atoms with van der Waals surface area (Å²) < 4.78 is 13.5. The third-order valence-corrected chi connectivity index (χ3v) is 6.07. The zero-order valence-electron chi connectivity index (χ0n) is 20.7. The van der Waals surface area contributed by atoms with Crippen LogP contribution in [0, 0.1) is 6.92 Å². The number of methoxy groups -OCH3 is 1. The van der Waals surface area contributed by atoms with Crippen molar-refractivity contribution < 1.29 is 19.1 Å². The van der Waals surface area contributed by atoms with Crippen LogP contribution in [0.4, 0.5) is 5.69 Å². The first-order chi connectivity index (χ1) is 17.3. The number of anilines is 1. The molecule has 1 N–H and O–H groups in total. The van der Waals surface area contributed by atoms with Crippen LogP contribution < -0.4 is 15.6 Å². The van der Waals surface area contributed by atoms with E-state index in [1.807, 2.05) is 48.9 Å². The highest BCUT2D eigenvalue weighted by atomic mass is 16.5. The van der Waals surface area contributed by atoms with E-state index in [0.29, 0.717) is 40.5 Å². The Morgan fingerprint density at radius 1 is 1.08 bits per heavy atom. The molecule has 0 aliphatic rings. The number of hydrogen-bond donors (Lipinski definition) is 1. The molecule has 9 heteroatoms. The Morgan fingerprint density at radius 2 is 1.83 bits per heavy atom. The second-order valence-corrected chi connectivity index (χ2v) is 8.31. The van der Waals surface area contributed by atoms with Crippen molar-refractivity contribution in [1.29, 1.82) is 0 Å². The molecule has 0 atom stereocenters. The van der Waals surface area contributed by atoms with Crippen molar-refractivity contribution in [2.75, 3.05) is 19.0 Å². The van der Waals surface area contributed by atoms with Gasteiger partial charge in [0.25, 0.3) is 5.56 Å². The number of fused-ring (bicyclic) bond motifs is 1. The highest BCUT2D eigenvalue weighted by molar-refractivity contribution is 5.93. The Morgan fingerprint density at radius 3 is 2.53 bits per heavy atom. The maximum absolute atomic E-state index is 13.3. The molecule has 1 amide bonds. The maximum Gasteiger partial charge on any atom is 0.338 e. The molecule has 0 aliphatic carbocycles. The number of carbonyl (C=O) groups is 2. The van der Waals surface area contributed by atoms with Crippen LogP contribution in [0.1, 0.15) is 35.0 Å². The van der Waals surface area contributed by atoms with Gasteiger partial charge in [0.05, 0.1) is 25.0 Å². The lowest BCUT2D eigenvalue weighted by molar-refractivity contribution is -0.116. The van der Waals surface area contributed by atoms with Crippen LogP contribution in [-0.2, 0) is 23.0 Å². The lowest BCUT2D eigenvalue weighted by atomic mass is 10.1. The molecule has 0 aliphatic heterocycles. The predicted molar refractivity (Wildman–Crippen MR) is 137 cm³/mol. The highest BCUT2D eigenvalue weighted by Crippen LogP contribution is 2.24. The quantitative estimate of drug-likeness (QED) is 0.379. The summed E-state index contributed by atoms with van der Waals surface area (Å²) in [4.78, 5) is 37.6. The van der Waals surface area contributed by atoms with Crippen molar-refractivity contribution in [2.45, 2.75) is 26.7 Å².